The van der Waals surface area contributed by atoms with Gasteiger partial charge in [0.1, 0.15) is 6.54 Å². The lowest BCUT2D eigenvalue weighted by atomic mass is 10.2. The summed E-state index contributed by atoms with van der Waals surface area (Å²) in [6.45, 7) is 6.18. The van der Waals surface area contributed by atoms with E-state index in [2.05, 4.69) is 50.3 Å². The molecule has 1 amide bonds. The molecule has 0 fully saturated rings. The second-order valence-corrected chi connectivity index (χ2v) is 5.15. The molecule has 0 atom stereocenters. The number of carbonyl (C=O) groups excluding carboxylic acids is 1. The lowest BCUT2D eigenvalue weighted by Crippen LogP contribution is -3.00. The summed E-state index contributed by atoms with van der Waals surface area (Å²) in [5.74, 6) is -0.0941. The van der Waals surface area contributed by atoms with Crippen molar-refractivity contribution in [2.75, 3.05) is 27.2 Å². The summed E-state index contributed by atoms with van der Waals surface area (Å²) in [5.41, 5.74) is 1.35. The molecule has 1 aromatic rings. The van der Waals surface area contributed by atoms with Crippen molar-refractivity contribution in [2.45, 2.75) is 13.0 Å². The first kappa shape index (κ1) is 17.7. The maximum absolute atomic E-state index is 11.0. The van der Waals surface area contributed by atoms with E-state index >= 15 is 0 Å². The van der Waals surface area contributed by atoms with Crippen LogP contribution in [0.15, 0.2) is 43.0 Å². The zero-order chi connectivity index (χ0) is 13.4. The molecule has 0 aliphatic carbocycles. The average Bonchev–Trinajstić information content (AvgIpc) is 2.35. The van der Waals surface area contributed by atoms with Crippen LogP contribution in [0.25, 0.3) is 0 Å². The Morgan fingerprint density at radius 2 is 1.95 bits per heavy atom. The largest absolute Gasteiger partial charge is 1.00 e. The lowest BCUT2D eigenvalue weighted by molar-refractivity contribution is -0.903. The molecule has 4 heteroatoms. The van der Waals surface area contributed by atoms with Crippen LogP contribution in [0.5, 0.6) is 0 Å². The molecule has 0 saturated heterocycles. The number of amides is 1. The minimum atomic E-state index is -0.0941. The van der Waals surface area contributed by atoms with E-state index in [1.54, 1.807) is 0 Å². The van der Waals surface area contributed by atoms with Gasteiger partial charge in [-0.1, -0.05) is 36.9 Å². The second kappa shape index (κ2) is 8.73. The van der Waals surface area contributed by atoms with E-state index in [1.807, 2.05) is 6.07 Å². The summed E-state index contributed by atoms with van der Waals surface area (Å²) in [6, 6.07) is 10.5. The average molecular weight is 283 g/mol. The summed E-state index contributed by atoms with van der Waals surface area (Å²) >= 11 is 0. The van der Waals surface area contributed by atoms with Crippen molar-refractivity contribution in [3.63, 3.8) is 0 Å². The minimum absolute atomic E-state index is 0. The molecule has 19 heavy (non-hydrogen) atoms. The van der Waals surface area contributed by atoms with Crippen LogP contribution < -0.4 is 17.7 Å². The number of rotatable bonds is 7. The topological polar surface area (TPSA) is 29.1 Å². The van der Waals surface area contributed by atoms with Gasteiger partial charge in [0, 0.05) is 18.5 Å². The number of quaternary nitrogens is 1. The smallest absolute Gasteiger partial charge is 0.243 e. The molecular formula is C15H23ClN2O. The summed E-state index contributed by atoms with van der Waals surface area (Å²) in [7, 11) is 4.42. The van der Waals surface area contributed by atoms with Crippen LogP contribution in [0.4, 0.5) is 0 Å². The number of benzene rings is 1. The number of halogens is 1. The van der Waals surface area contributed by atoms with Crippen molar-refractivity contribution in [1.82, 2.24) is 5.32 Å². The molecule has 3 nitrogen and oxygen atoms in total. The Hall–Kier alpha value is -1.32. The Morgan fingerprint density at radius 1 is 1.32 bits per heavy atom. The molecule has 0 unspecified atom stereocenters. The highest BCUT2D eigenvalue weighted by Gasteiger charge is 2.15. The number of hydrogen-bond acceptors (Lipinski definition) is 1. The van der Waals surface area contributed by atoms with Gasteiger partial charge in [-0.15, -0.1) is 0 Å². The van der Waals surface area contributed by atoms with Crippen LogP contribution in [0, 0.1) is 0 Å². The number of nitrogens with zero attached hydrogens (tertiary/aromatic N) is 1. The molecular weight excluding hydrogens is 260 g/mol. The Morgan fingerprint density at radius 3 is 2.53 bits per heavy atom. The number of carbonyl (C=O) groups is 1. The summed E-state index contributed by atoms with van der Waals surface area (Å²) < 4.78 is 0.925. The highest BCUT2D eigenvalue weighted by Crippen LogP contribution is 2.09. The fourth-order valence-electron chi connectivity index (χ4n) is 1.95. The van der Waals surface area contributed by atoms with E-state index in [4.69, 9.17) is 0 Å². The van der Waals surface area contributed by atoms with E-state index in [1.165, 1.54) is 11.6 Å². The maximum atomic E-state index is 11.0. The van der Waals surface area contributed by atoms with Crippen LogP contribution in [-0.4, -0.2) is 37.6 Å². The summed E-state index contributed by atoms with van der Waals surface area (Å²) in [6.07, 6.45) is 2.28. The van der Waals surface area contributed by atoms with Gasteiger partial charge in [-0.05, 0) is 6.08 Å². The van der Waals surface area contributed by atoms with Gasteiger partial charge in [-0.25, -0.2) is 0 Å². The van der Waals surface area contributed by atoms with E-state index in [0.717, 1.165) is 24.0 Å². The van der Waals surface area contributed by atoms with E-state index in [9.17, 15) is 4.79 Å². The Labute approximate surface area is 122 Å². The third kappa shape index (κ3) is 7.65. The zero-order valence-electron chi connectivity index (χ0n) is 11.7. The molecule has 0 spiro atoms. The van der Waals surface area contributed by atoms with Crippen molar-refractivity contribution in [2.24, 2.45) is 0 Å². The van der Waals surface area contributed by atoms with Crippen LogP contribution >= 0.6 is 0 Å². The maximum Gasteiger partial charge on any atom is 0.243 e. The third-order valence-corrected chi connectivity index (χ3v) is 2.88. The third-order valence-electron chi connectivity index (χ3n) is 2.88. The van der Waals surface area contributed by atoms with Gasteiger partial charge in [0.2, 0.25) is 5.91 Å². The van der Waals surface area contributed by atoms with Crippen molar-refractivity contribution in [1.29, 1.82) is 0 Å². The Balaban J connectivity index is 0.00000324. The van der Waals surface area contributed by atoms with Crippen LogP contribution in [0.3, 0.4) is 0 Å². The molecule has 1 aromatic carbocycles. The minimum Gasteiger partial charge on any atom is -1.00 e. The highest BCUT2D eigenvalue weighted by atomic mass is 35.5. The second-order valence-electron chi connectivity index (χ2n) is 5.15. The predicted molar refractivity (Wildman–Crippen MR) is 74.9 cm³/mol. The summed E-state index contributed by atoms with van der Waals surface area (Å²) in [5, 5.41) is 2.80. The highest BCUT2D eigenvalue weighted by molar-refractivity contribution is 5.86. The lowest BCUT2D eigenvalue weighted by Gasteiger charge is -2.30. The van der Waals surface area contributed by atoms with E-state index in [0.29, 0.717) is 6.54 Å². The monoisotopic (exact) mass is 282 g/mol. The predicted octanol–water partition coefficient (Wildman–Crippen LogP) is -1.04. The summed E-state index contributed by atoms with van der Waals surface area (Å²) in [4.78, 5) is 11.0. The van der Waals surface area contributed by atoms with Gasteiger partial charge in [-0.2, -0.15) is 0 Å². The molecule has 1 rings (SSSR count). The van der Waals surface area contributed by atoms with Gasteiger partial charge >= 0.3 is 0 Å². The molecule has 0 aliphatic heterocycles. The first-order valence-electron chi connectivity index (χ1n) is 6.30. The Bertz CT molecular complexity index is 390. The first-order valence-corrected chi connectivity index (χ1v) is 6.30. The molecule has 1 N–H and O–H groups in total. The number of nitrogens with one attached hydrogen (secondary N) is 1. The zero-order valence-corrected chi connectivity index (χ0v) is 12.5. The van der Waals surface area contributed by atoms with Crippen molar-refractivity contribution >= 4 is 5.91 Å². The molecule has 0 saturated carbocycles. The van der Waals surface area contributed by atoms with Crippen molar-refractivity contribution in [3.05, 3.63) is 48.6 Å². The van der Waals surface area contributed by atoms with Gasteiger partial charge in [0.05, 0.1) is 20.6 Å². The van der Waals surface area contributed by atoms with E-state index < -0.39 is 0 Å². The molecule has 0 aromatic heterocycles. The van der Waals surface area contributed by atoms with Crippen LogP contribution in [-0.2, 0) is 11.3 Å². The fourth-order valence-corrected chi connectivity index (χ4v) is 1.95. The SMILES string of the molecule is C=CC(=O)NCCC[N+](C)(C)Cc1ccccc1.[Cl-]. The quantitative estimate of drug-likeness (QED) is 0.386. The fraction of sp³-hybridized carbons (Fsp3) is 0.400. The van der Waals surface area contributed by atoms with Gasteiger partial charge < -0.3 is 22.2 Å². The van der Waals surface area contributed by atoms with E-state index in [-0.39, 0.29) is 18.3 Å². The molecule has 106 valence electrons. The standard InChI is InChI=1S/C15H22N2O.ClH/c1-4-15(18)16-11-8-12-17(2,3)13-14-9-6-5-7-10-14;/h4-7,9-10H,1,8,11-13H2,2-3H3;1H. The van der Waals surface area contributed by atoms with Gasteiger partial charge in [-0.3, -0.25) is 4.79 Å². The van der Waals surface area contributed by atoms with Crippen LogP contribution in [0.2, 0.25) is 0 Å². The molecule has 0 aliphatic rings. The van der Waals surface area contributed by atoms with Crippen LogP contribution in [0.1, 0.15) is 12.0 Å². The van der Waals surface area contributed by atoms with Gasteiger partial charge in [0.25, 0.3) is 0 Å². The molecule has 0 heterocycles. The van der Waals surface area contributed by atoms with Crippen molar-refractivity contribution < 1.29 is 21.7 Å². The van der Waals surface area contributed by atoms with Gasteiger partial charge in [0.15, 0.2) is 0 Å². The molecule has 0 radical (unpaired) electrons. The molecule has 0 bridgehead atoms. The number of hydrogen-bond donors (Lipinski definition) is 1. The normalized spacial score (nSPS) is 10.4. The first-order chi connectivity index (χ1) is 8.53. The Kier molecular flexibility index (Phi) is 8.12. The van der Waals surface area contributed by atoms with Crippen molar-refractivity contribution in [3.8, 4) is 0 Å².